The average Bonchev–Trinajstić information content (AvgIpc) is 2.97. The van der Waals surface area contributed by atoms with Crippen LogP contribution in [-0.4, -0.2) is 61.1 Å². The highest BCUT2D eigenvalue weighted by atomic mass is 35.5. The van der Waals surface area contributed by atoms with Gasteiger partial charge in [0, 0.05) is 32.7 Å². The first-order valence-electron chi connectivity index (χ1n) is 9.48. The summed E-state index contributed by atoms with van der Waals surface area (Å²) in [6, 6.07) is 14.7. The second kappa shape index (κ2) is 9.59. The lowest BCUT2D eigenvalue weighted by Crippen LogP contribution is -2.47. The molecule has 4 rings (SSSR count). The second-order valence-electron chi connectivity index (χ2n) is 6.92. The molecule has 1 fully saturated rings. The number of benzene rings is 2. The summed E-state index contributed by atoms with van der Waals surface area (Å²) in [6.45, 7) is 4.91. The first-order valence-corrected chi connectivity index (χ1v) is 9.85. The molecule has 6 nitrogen and oxygen atoms in total. The number of para-hydroxylation sites is 1. The van der Waals surface area contributed by atoms with Gasteiger partial charge in [-0.05, 0) is 30.7 Å². The van der Waals surface area contributed by atoms with E-state index in [1.165, 1.54) is 0 Å². The van der Waals surface area contributed by atoms with Crippen molar-refractivity contribution in [1.82, 2.24) is 9.96 Å². The van der Waals surface area contributed by atoms with Crippen molar-refractivity contribution in [2.24, 2.45) is 0 Å². The van der Waals surface area contributed by atoms with Crippen molar-refractivity contribution in [3.05, 3.63) is 64.7 Å². The first-order chi connectivity index (χ1) is 13.6. The lowest BCUT2D eigenvalue weighted by Gasteiger charge is -2.36. The van der Waals surface area contributed by atoms with Gasteiger partial charge in [-0.3, -0.25) is 19.3 Å². The normalized spacial score (nSPS) is 16.7. The highest BCUT2D eigenvalue weighted by Crippen LogP contribution is 2.26. The third-order valence-electron chi connectivity index (χ3n) is 5.16. The second-order valence-corrected chi connectivity index (χ2v) is 7.32. The van der Waals surface area contributed by atoms with Crippen LogP contribution in [-0.2, 0) is 4.84 Å². The number of hydrogen-bond donors (Lipinski definition) is 0. The number of carbonyl (C=O) groups is 2. The van der Waals surface area contributed by atoms with Gasteiger partial charge in [0.15, 0.2) is 0 Å². The zero-order chi connectivity index (χ0) is 19.5. The minimum Gasteiger partial charge on any atom is -0.368 e. The molecule has 2 aromatic carbocycles. The Morgan fingerprint density at radius 1 is 0.862 bits per heavy atom. The Kier molecular flexibility index (Phi) is 7.14. The summed E-state index contributed by atoms with van der Waals surface area (Å²) in [5.74, 6) is -0.761. The number of fused-ring (bicyclic) bond motifs is 1. The van der Waals surface area contributed by atoms with Crippen molar-refractivity contribution >= 4 is 41.5 Å². The van der Waals surface area contributed by atoms with Crippen LogP contribution in [0, 0.1) is 0 Å². The van der Waals surface area contributed by atoms with Crippen LogP contribution in [0.1, 0.15) is 27.1 Å². The number of imide groups is 1. The van der Waals surface area contributed by atoms with Crippen LogP contribution in [0.3, 0.4) is 0 Å². The van der Waals surface area contributed by atoms with Gasteiger partial charge in [0.1, 0.15) is 0 Å². The number of anilines is 1. The summed E-state index contributed by atoms with van der Waals surface area (Å²) in [5.41, 5.74) is 1.89. The van der Waals surface area contributed by atoms with Crippen molar-refractivity contribution in [3.63, 3.8) is 0 Å². The maximum atomic E-state index is 12.3. The summed E-state index contributed by atoms with van der Waals surface area (Å²) in [4.78, 5) is 34.7. The summed E-state index contributed by atoms with van der Waals surface area (Å²) in [7, 11) is 0. The van der Waals surface area contributed by atoms with Crippen molar-refractivity contribution in [3.8, 4) is 0 Å². The standard InChI is InChI=1S/C21H22ClN3O3.ClH/c22-18-8-3-4-9-19(18)24-13-11-23(12-14-24)10-5-15-28-25-20(26)16-6-1-2-7-17(16)21(25)27;/h1-4,6-9H,5,10-15H2;1H. The molecule has 2 heterocycles. The first kappa shape index (κ1) is 21.6. The van der Waals surface area contributed by atoms with Crippen molar-refractivity contribution < 1.29 is 14.4 Å². The fourth-order valence-corrected chi connectivity index (χ4v) is 3.90. The topological polar surface area (TPSA) is 53.1 Å². The minimum absolute atomic E-state index is 0. The number of amides is 2. The van der Waals surface area contributed by atoms with E-state index < -0.39 is 0 Å². The van der Waals surface area contributed by atoms with Gasteiger partial charge in [-0.2, -0.15) is 0 Å². The SMILES string of the molecule is Cl.O=C1c2ccccc2C(=O)N1OCCCN1CCN(c2ccccc2Cl)CC1. The Morgan fingerprint density at radius 2 is 1.45 bits per heavy atom. The van der Waals surface area contributed by atoms with Gasteiger partial charge in [-0.15, -0.1) is 17.5 Å². The molecule has 0 atom stereocenters. The number of hydroxylamine groups is 2. The van der Waals surface area contributed by atoms with Crippen LogP contribution in [0.15, 0.2) is 48.5 Å². The number of carbonyl (C=O) groups excluding carboxylic acids is 2. The van der Waals surface area contributed by atoms with Gasteiger partial charge >= 0.3 is 0 Å². The monoisotopic (exact) mass is 435 g/mol. The zero-order valence-corrected chi connectivity index (χ0v) is 17.5. The lowest BCUT2D eigenvalue weighted by atomic mass is 10.1. The molecule has 0 aromatic heterocycles. The predicted molar refractivity (Wildman–Crippen MR) is 115 cm³/mol. The molecule has 154 valence electrons. The number of halogens is 2. The van der Waals surface area contributed by atoms with Crippen LogP contribution in [0.2, 0.25) is 5.02 Å². The van der Waals surface area contributed by atoms with E-state index in [4.69, 9.17) is 16.4 Å². The van der Waals surface area contributed by atoms with Gasteiger partial charge in [-0.1, -0.05) is 35.9 Å². The summed E-state index contributed by atoms with van der Waals surface area (Å²) in [6.07, 6.45) is 0.750. The summed E-state index contributed by atoms with van der Waals surface area (Å²) < 4.78 is 0. The highest BCUT2D eigenvalue weighted by Gasteiger charge is 2.36. The van der Waals surface area contributed by atoms with Crippen LogP contribution in [0.5, 0.6) is 0 Å². The molecule has 0 bridgehead atoms. The van der Waals surface area contributed by atoms with E-state index in [2.05, 4.69) is 9.80 Å². The van der Waals surface area contributed by atoms with Gasteiger partial charge in [0.2, 0.25) is 0 Å². The van der Waals surface area contributed by atoms with Crippen LogP contribution >= 0.6 is 24.0 Å². The maximum absolute atomic E-state index is 12.3. The number of rotatable bonds is 6. The molecule has 0 unspecified atom stereocenters. The fraction of sp³-hybridized carbons (Fsp3) is 0.333. The third kappa shape index (κ3) is 4.56. The highest BCUT2D eigenvalue weighted by molar-refractivity contribution is 6.33. The molecule has 8 heteroatoms. The lowest BCUT2D eigenvalue weighted by molar-refractivity contribution is -0.0930. The van der Waals surface area contributed by atoms with Gasteiger partial charge in [0.05, 0.1) is 28.4 Å². The van der Waals surface area contributed by atoms with Crippen LogP contribution in [0.25, 0.3) is 0 Å². The Labute approximate surface area is 181 Å². The molecule has 29 heavy (non-hydrogen) atoms. The van der Waals surface area contributed by atoms with Crippen LogP contribution < -0.4 is 4.90 Å². The van der Waals surface area contributed by atoms with E-state index in [1.807, 2.05) is 24.3 Å². The smallest absolute Gasteiger partial charge is 0.285 e. The quantitative estimate of drug-likeness (QED) is 0.513. The Hall–Kier alpha value is -2.12. The molecule has 1 saturated heterocycles. The number of nitrogens with zero attached hydrogens (tertiary/aromatic N) is 3. The molecule has 0 spiro atoms. The Balaban J connectivity index is 0.00000240. The summed E-state index contributed by atoms with van der Waals surface area (Å²) in [5, 5.41) is 1.67. The van der Waals surface area contributed by atoms with E-state index in [0.717, 1.165) is 54.9 Å². The third-order valence-corrected chi connectivity index (χ3v) is 5.48. The predicted octanol–water partition coefficient (Wildman–Crippen LogP) is 3.50. The van der Waals surface area contributed by atoms with E-state index in [9.17, 15) is 9.59 Å². The number of piperazine rings is 1. The molecule has 2 amide bonds. The largest absolute Gasteiger partial charge is 0.368 e. The van der Waals surface area contributed by atoms with Gasteiger partial charge in [-0.25, -0.2) is 0 Å². The van der Waals surface area contributed by atoms with Crippen LogP contribution in [0.4, 0.5) is 5.69 Å². The van der Waals surface area contributed by atoms with E-state index in [1.54, 1.807) is 24.3 Å². The molecular formula is C21H23Cl2N3O3. The Bertz CT molecular complexity index is 850. The molecule has 0 N–H and O–H groups in total. The van der Waals surface area contributed by atoms with E-state index in [-0.39, 0.29) is 24.2 Å². The fourth-order valence-electron chi connectivity index (χ4n) is 3.65. The van der Waals surface area contributed by atoms with Gasteiger partial charge in [0.25, 0.3) is 11.8 Å². The van der Waals surface area contributed by atoms with Crippen molar-refractivity contribution in [1.29, 1.82) is 0 Å². The Morgan fingerprint density at radius 3 is 2.07 bits per heavy atom. The van der Waals surface area contributed by atoms with Gasteiger partial charge < -0.3 is 4.90 Å². The molecule has 2 aliphatic rings. The molecule has 2 aromatic rings. The minimum atomic E-state index is -0.381. The molecule has 0 saturated carbocycles. The molecule has 0 aliphatic carbocycles. The molecular weight excluding hydrogens is 413 g/mol. The van der Waals surface area contributed by atoms with E-state index in [0.29, 0.717) is 17.7 Å². The maximum Gasteiger partial charge on any atom is 0.285 e. The van der Waals surface area contributed by atoms with E-state index >= 15 is 0 Å². The molecule has 2 aliphatic heterocycles. The average molecular weight is 436 g/mol. The van der Waals surface area contributed by atoms with Crippen molar-refractivity contribution in [2.45, 2.75) is 6.42 Å². The summed E-state index contributed by atoms with van der Waals surface area (Å²) >= 11 is 6.28. The molecule has 0 radical (unpaired) electrons. The zero-order valence-electron chi connectivity index (χ0n) is 15.9. The number of hydrogen-bond acceptors (Lipinski definition) is 5. The van der Waals surface area contributed by atoms with Crippen molar-refractivity contribution in [2.75, 3.05) is 44.2 Å².